The molecular weight excluding hydrogens is 382 g/mol. The predicted octanol–water partition coefficient (Wildman–Crippen LogP) is 2.01. The van der Waals surface area contributed by atoms with E-state index in [1.54, 1.807) is 31.2 Å². The normalized spacial score (nSPS) is 10.6. The summed E-state index contributed by atoms with van der Waals surface area (Å²) >= 11 is 0. The van der Waals surface area contributed by atoms with Crippen molar-refractivity contribution < 1.29 is 9.59 Å². The molecule has 3 rings (SSSR count). The second-order valence-electron chi connectivity index (χ2n) is 6.82. The number of nitrogens with one attached hydrogen (secondary N) is 2. The van der Waals surface area contributed by atoms with Crippen LogP contribution in [0, 0.1) is 6.92 Å². The van der Waals surface area contributed by atoms with E-state index in [1.807, 2.05) is 24.3 Å². The molecule has 8 nitrogen and oxygen atoms in total. The molecule has 0 aliphatic carbocycles. The Balaban J connectivity index is 1.63. The van der Waals surface area contributed by atoms with Crippen LogP contribution >= 0.6 is 0 Å². The van der Waals surface area contributed by atoms with Crippen molar-refractivity contribution >= 4 is 28.3 Å². The van der Waals surface area contributed by atoms with Gasteiger partial charge in [0.25, 0.3) is 17.4 Å². The van der Waals surface area contributed by atoms with Gasteiger partial charge in [0.05, 0.1) is 11.1 Å². The van der Waals surface area contributed by atoms with E-state index in [9.17, 15) is 14.4 Å². The molecule has 0 saturated heterocycles. The lowest BCUT2D eigenvalue weighted by Crippen LogP contribution is -2.44. The Hall–Kier alpha value is -3.68. The summed E-state index contributed by atoms with van der Waals surface area (Å²) in [5.41, 5.74) is 6.44. The van der Waals surface area contributed by atoms with Crippen LogP contribution in [0.1, 0.15) is 29.9 Å². The molecule has 0 radical (unpaired) electrons. The lowest BCUT2D eigenvalue weighted by molar-refractivity contribution is -0.122. The number of aromatic nitrogens is 2. The summed E-state index contributed by atoms with van der Waals surface area (Å²) in [6, 6.07) is 14.2. The van der Waals surface area contributed by atoms with Crippen molar-refractivity contribution in [2.75, 3.05) is 18.0 Å². The van der Waals surface area contributed by atoms with Crippen LogP contribution in [0.2, 0.25) is 0 Å². The van der Waals surface area contributed by atoms with Crippen LogP contribution < -0.4 is 21.3 Å². The maximum atomic E-state index is 12.5. The molecule has 2 N–H and O–H groups in total. The number of carbonyl (C=O) groups is 2. The topological polar surface area (TPSA) is 96.3 Å². The van der Waals surface area contributed by atoms with Crippen LogP contribution in [0.5, 0.6) is 0 Å². The number of nitrogens with zero attached hydrogens (tertiary/aromatic N) is 3. The highest BCUT2D eigenvalue weighted by atomic mass is 16.2. The summed E-state index contributed by atoms with van der Waals surface area (Å²) in [5.74, 6) is -0.989. The monoisotopic (exact) mass is 407 g/mol. The van der Waals surface area contributed by atoms with Gasteiger partial charge in [0.15, 0.2) is 0 Å². The Morgan fingerprint density at radius 2 is 1.60 bits per heavy atom. The average molecular weight is 407 g/mol. The summed E-state index contributed by atoms with van der Waals surface area (Å²) in [5, 5.41) is 5.44. The quantitative estimate of drug-likeness (QED) is 0.610. The molecule has 0 fully saturated rings. The van der Waals surface area contributed by atoms with E-state index in [2.05, 4.69) is 34.7 Å². The van der Waals surface area contributed by atoms with Gasteiger partial charge >= 0.3 is 0 Å². The zero-order chi connectivity index (χ0) is 21.7. The van der Waals surface area contributed by atoms with Crippen molar-refractivity contribution in [1.29, 1.82) is 0 Å². The SMILES string of the molecule is CCN(CC)c1ccc(C(=O)NNC(=O)Cn2nc(C)c3ccccc3c2=O)cc1. The Bertz CT molecular complexity index is 1120. The molecule has 0 saturated carbocycles. The van der Waals surface area contributed by atoms with Crippen molar-refractivity contribution in [1.82, 2.24) is 20.6 Å². The fraction of sp³-hybridized carbons (Fsp3) is 0.273. The Morgan fingerprint density at radius 1 is 0.967 bits per heavy atom. The number of aryl methyl sites for hydroxylation is 1. The van der Waals surface area contributed by atoms with E-state index in [1.165, 1.54) is 0 Å². The van der Waals surface area contributed by atoms with Crippen molar-refractivity contribution in [2.45, 2.75) is 27.3 Å². The van der Waals surface area contributed by atoms with E-state index in [-0.39, 0.29) is 12.1 Å². The van der Waals surface area contributed by atoms with Gasteiger partial charge in [-0.1, -0.05) is 18.2 Å². The zero-order valence-electron chi connectivity index (χ0n) is 17.3. The van der Waals surface area contributed by atoms with Gasteiger partial charge in [-0.15, -0.1) is 0 Å². The largest absolute Gasteiger partial charge is 0.372 e. The van der Waals surface area contributed by atoms with E-state index in [4.69, 9.17) is 0 Å². The molecule has 3 aromatic rings. The Labute approximate surface area is 174 Å². The van der Waals surface area contributed by atoms with E-state index in [0.717, 1.165) is 28.8 Å². The maximum Gasteiger partial charge on any atom is 0.275 e. The number of amides is 2. The molecule has 2 amide bonds. The lowest BCUT2D eigenvalue weighted by Gasteiger charge is -2.21. The van der Waals surface area contributed by atoms with Gasteiger partial charge in [0, 0.05) is 29.7 Å². The number of anilines is 1. The van der Waals surface area contributed by atoms with Gasteiger partial charge < -0.3 is 4.90 Å². The highest BCUT2D eigenvalue weighted by molar-refractivity contribution is 5.95. The lowest BCUT2D eigenvalue weighted by atomic mass is 10.1. The van der Waals surface area contributed by atoms with Crippen LogP contribution in [-0.2, 0) is 11.3 Å². The molecule has 1 heterocycles. The first-order chi connectivity index (χ1) is 14.4. The van der Waals surface area contributed by atoms with Crippen LogP contribution in [0.3, 0.4) is 0 Å². The number of carbonyl (C=O) groups excluding carboxylic acids is 2. The molecule has 0 atom stereocenters. The zero-order valence-corrected chi connectivity index (χ0v) is 17.3. The minimum atomic E-state index is -0.549. The van der Waals surface area contributed by atoms with Gasteiger partial charge in [-0.2, -0.15) is 5.10 Å². The minimum absolute atomic E-state index is 0.300. The Morgan fingerprint density at radius 3 is 2.23 bits per heavy atom. The molecular formula is C22H25N5O3. The van der Waals surface area contributed by atoms with Gasteiger partial charge in [-0.25, -0.2) is 4.68 Å². The van der Waals surface area contributed by atoms with Crippen molar-refractivity contribution in [3.63, 3.8) is 0 Å². The van der Waals surface area contributed by atoms with Crippen molar-refractivity contribution in [3.05, 3.63) is 70.1 Å². The predicted molar refractivity (Wildman–Crippen MR) is 116 cm³/mol. The number of rotatable bonds is 6. The van der Waals surface area contributed by atoms with E-state index >= 15 is 0 Å². The standard InChI is InChI=1S/C22H25N5O3/c1-4-26(5-2)17-12-10-16(11-13-17)21(29)24-23-20(28)14-27-22(30)19-9-7-6-8-18(19)15(3)25-27/h6-13H,4-5,14H2,1-3H3,(H,23,28)(H,24,29). The summed E-state index contributed by atoms with van der Waals surface area (Å²) in [6.07, 6.45) is 0. The molecule has 1 aromatic heterocycles. The fourth-order valence-electron chi connectivity index (χ4n) is 3.30. The van der Waals surface area contributed by atoms with Crippen LogP contribution in [0.25, 0.3) is 10.8 Å². The Kier molecular flexibility index (Phi) is 6.46. The van der Waals surface area contributed by atoms with Gasteiger partial charge in [-0.05, 0) is 51.1 Å². The fourth-order valence-corrected chi connectivity index (χ4v) is 3.30. The second-order valence-corrected chi connectivity index (χ2v) is 6.82. The third-order valence-corrected chi connectivity index (χ3v) is 4.92. The molecule has 0 aliphatic heterocycles. The summed E-state index contributed by atoms with van der Waals surface area (Å²) < 4.78 is 1.10. The second kappa shape index (κ2) is 9.21. The average Bonchev–Trinajstić information content (AvgIpc) is 2.77. The van der Waals surface area contributed by atoms with Gasteiger partial charge in [-0.3, -0.25) is 25.2 Å². The first-order valence-corrected chi connectivity index (χ1v) is 9.85. The smallest absolute Gasteiger partial charge is 0.275 e. The maximum absolute atomic E-state index is 12.5. The molecule has 0 unspecified atom stereocenters. The summed E-state index contributed by atoms with van der Waals surface area (Å²) in [7, 11) is 0. The number of fused-ring (bicyclic) bond motifs is 1. The number of hydrogen-bond acceptors (Lipinski definition) is 5. The van der Waals surface area contributed by atoms with Gasteiger partial charge in [0.1, 0.15) is 6.54 Å². The first kappa shape index (κ1) is 21.0. The van der Waals surface area contributed by atoms with Crippen LogP contribution in [-0.4, -0.2) is 34.7 Å². The van der Waals surface area contributed by atoms with E-state index < -0.39 is 11.8 Å². The highest BCUT2D eigenvalue weighted by Gasteiger charge is 2.12. The van der Waals surface area contributed by atoms with E-state index in [0.29, 0.717) is 16.6 Å². The van der Waals surface area contributed by atoms with Crippen LogP contribution in [0.15, 0.2) is 53.3 Å². The van der Waals surface area contributed by atoms with Crippen molar-refractivity contribution in [2.24, 2.45) is 0 Å². The third-order valence-electron chi connectivity index (χ3n) is 4.92. The minimum Gasteiger partial charge on any atom is -0.372 e. The van der Waals surface area contributed by atoms with Gasteiger partial charge in [0.2, 0.25) is 0 Å². The van der Waals surface area contributed by atoms with Crippen LogP contribution in [0.4, 0.5) is 5.69 Å². The first-order valence-electron chi connectivity index (χ1n) is 9.85. The highest BCUT2D eigenvalue weighted by Crippen LogP contribution is 2.15. The van der Waals surface area contributed by atoms with Crippen molar-refractivity contribution in [3.8, 4) is 0 Å². The molecule has 0 spiro atoms. The molecule has 8 heteroatoms. The number of hydrazine groups is 1. The molecule has 2 aromatic carbocycles. The molecule has 0 aliphatic rings. The molecule has 156 valence electrons. The number of benzene rings is 2. The number of hydrogen-bond donors (Lipinski definition) is 2. The third kappa shape index (κ3) is 4.48. The molecule has 30 heavy (non-hydrogen) atoms. The summed E-state index contributed by atoms with van der Waals surface area (Å²) in [4.78, 5) is 39.2. The molecule has 0 bridgehead atoms. The summed E-state index contributed by atoms with van der Waals surface area (Å²) in [6.45, 7) is 7.36.